The summed E-state index contributed by atoms with van der Waals surface area (Å²) < 4.78 is 1.87. The Labute approximate surface area is 115 Å². The lowest BCUT2D eigenvalue weighted by atomic mass is 9.98. The van der Waals surface area contributed by atoms with Gasteiger partial charge in [0.2, 0.25) is 5.91 Å². The Morgan fingerprint density at radius 1 is 1.42 bits per heavy atom. The average Bonchev–Trinajstić information content (AvgIpc) is 2.62. The topological polar surface area (TPSA) is 64.2 Å². The molecule has 0 aliphatic carbocycles. The molecule has 0 spiro atoms. The minimum atomic E-state index is -0.0550. The normalized spacial score (nSPS) is 14.3. The Hall–Kier alpha value is -1.36. The lowest BCUT2D eigenvalue weighted by Gasteiger charge is -2.26. The number of likely N-dealkylation sites (N-methyl/N-ethyl adjacent to an activating group) is 1. The Balaban J connectivity index is 2.79. The molecule has 108 valence electrons. The van der Waals surface area contributed by atoms with Crippen LogP contribution in [-0.2, 0) is 18.3 Å². The van der Waals surface area contributed by atoms with Crippen LogP contribution in [0.5, 0.6) is 0 Å². The molecule has 0 fully saturated rings. The number of rotatable bonds is 5. The molecule has 0 aromatic carbocycles. The molecule has 0 aliphatic rings. The van der Waals surface area contributed by atoms with Crippen LogP contribution in [0.1, 0.15) is 30.8 Å². The van der Waals surface area contributed by atoms with Gasteiger partial charge in [-0.05, 0) is 32.8 Å². The Bertz CT molecular complexity index is 453. The molecule has 1 rings (SSSR count). The molecule has 0 aliphatic heterocycles. The van der Waals surface area contributed by atoms with Crippen molar-refractivity contribution in [2.24, 2.45) is 18.7 Å². The van der Waals surface area contributed by atoms with Gasteiger partial charge in [0.15, 0.2) is 0 Å². The molecular weight excluding hydrogens is 240 g/mol. The molecule has 1 amide bonds. The van der Waals surface area contributed by atoms with E-state index in [1.165, 1.54) is 5.56 Å². The van der Waals surface area contributed by atoms with Crippen molar-refractivity contribution >= 4 is 5.91 Å². The summed E-state index contributed by atoms with van der Waals surface area (Å²) in [4.78, 5) is 14.1. The van der Waals surface area contributed by atoms with Crippen molar-refractivity contribution in [3.8, 4) is 0 Å². The number of nitrogens with two attached hydrogens (primary N) is 1. The second-order valence-electron chi connectivity index (χ2n) is 5.41. The second-order valence-corrected chi connectivity index (χ2v) is 5.41. The number of hydrogen-bond donors (Lipinski definition) is 1. The monoisotopic (exact) mass is 266 g/mol. The van der Waals surface area contributed by atoms with Gasteiger partial charge in [0, 0.05) is 38.3 Å². The van der Waals surface area contributed by atoms with E-state index in [4.69, 9.17) is 5.73 Å². The summed E-state index contributed by atoms with van der Waals surface area (Å²) in [5.74, 6) is 0.0844. The summed E-state index contributed by atoms with van der Waals surface area (Å²) in [6, 6.07) is 0.0750. The molecule has 0 saturated carbocycles. The van der Waals surface area contributed by atoms with E-state index >= 15 is 0 Å². The third kappa shape index (κ3) is 3.35. The minimum Gasteiger partial charge on any atom is -0.342 e. The molecule has 5 heteroatoms. The van der Waals surface area contributed by atoms with Gasteiger partial charge in [0.25, 0.3) is 0 Å². The molecule has 2 unspecified atom stereocenters. The molecule has 1 heterocycles. The fourth-order valence-corrected chi connectivity index (χ4v) is 2.23. The van der Waals surface area contributed by atoms with E-state index in [1.807, 2.05) is 46.5 Å². The van der Waals surface area contributed by atoms with Gasteiger partial charge in [-0.3, -0.25) is 9.48 Å². The van der Waals surface area contributed by atoms with Gasteiger partial charge < -0.3 is 10.6 Å². The lowest BCUT2D eigenvalue weighted by molar-refractivity contribution is -0.135. The molecule has 0 saturated heterocycles. The summed E-state index contributed by atoms with van der Waals surface area (Å²) in [6.45, 7) is 8.45. The highest BCUT2D eigenvalue weighted by Crippen LogP contribution is 2.18. The van der Waals surface area contributed by atoms with Crippen molar-refractivity contribution in [2.75, 3.05) is 13.6 Å². The van der Waals surface area contributed by atoms with E-state index in [1.54, 1.807) is 4.90 Å². The van der Waals surface area contributed by atoms with Crippen molar-refractivity contribution in [1.29, 1.82) is 0 Å². The third-order valence-corrected chi connectivity index (χ3v) is 3.94. The van der Waals surface area contributed by atoms with E-state index in [-0.39, 0.29) is 17.9 Å². The fraction of sp³-hybridized carbons (Fsp3) is 0.714. The minimum absolute atomic E-state index is 0.0550. The van der Waals surface area contributed by atoms with Gasteiger partial charge in [-0.2, -0.15) is 5.10 Å². The summed E-state index contributed by atoms with van der Waals surface area (Å²) in [7, 11) is 3.75. The fourth-order valence-electron chi connectivity index (χ4n) is 2.23. The first-order valence-corrected chi connectivity index (χ1v) is 6.75. The SMILES string of the molecule is Cc1nn(C)c(C)c1CC(C)C(=O)N(C)C(C)CN. The highest BCUT2D eigenvalue weighted by molar-refractivity contribution is 5.78. The highest BCUT2D eigenvalue weighted by Gasteiger charge is 2.23. The summed E-state index contributed by atoms with van der Waals surface area (Å²) >= 11 is 0. The summed E-state index contributed by atoms with van der Waals surface area (Å²) in [5, 5.41) is 4.39. The number of aryl methyl sites for hydroxylation is 2. The van der Waals surface area contributed by atoms with E-state index in [2.05, 4.69) is 5.10 Å². The molecular formula is C14H26N4O. The standard InChI is InChI=1S/C14H26N4O/c1-9(14(19)17(5)10(2)8-15)7-13-11(3)16-18(6)12(13)4/h9-10H,7-8,15H2,1-6H3. The predicted octanol–water partition coefficient (Wildman–Crippen LogP) is 1.02. The van der Waals surface area contributed by atoms with E-state index in [9.17, 15) is 4.79 Å². The van der Waals surface area contributed by atoms with Crippen molar-refractivity contribution in [2.45, 2.75) is 40.2 Å². The lowest BCUT2D eigenvalue weighted by Crippen LogP contribution is -2.42. The molecule has 2 atom stereocenters. The van der Waals surface area contributed by atoms with Gasteiger partial charge in [0.1, 0.15) is 0 Å². The quantitative estimate of drug-likeness (QED) is 0.865. The third-order valence-electron chi connectivity index (χ3n) is 3.94. The first-order chi connectivity index (χ1) is 8.79. The smallest absolute Gasteiger partial charge is 0.225 e. The molecule has 5 nitrogen and oxygen atoms in total. The van der Waals surface area contributed by atoms with Gasteiger partial charge >= 0.3 is 0 Å². The number of carbonyl (C=O) groups excluding carboxylic acids is 1. The number of nitrogens with zero attached hydrogens (tertiary/aromatic N) is 3. The number of carbonyl (C=O) groups is 1. The summed E-state index contributed by atoms with van der Waals surface area (Å²) in [5.41, 5.74) is 8.93. The summed E-state index contributed by atoms with van der Waals surface area (Å²) in [6.07, 6.45) is 0.728. The first kappa shape index (κ1) is 15.7. The highest BCUT2D eigenvalue weighted by atomic mass is 16.2. The van der Waals surface area contributed by atoms with Gasteiger partial charge in [-0.1, -0.05) is 6.92 Å². The van der Waals surface area contributed by atoms with Crippen LogP contribution < -0.4 is 5.73 Å². The first-order valence-electron chi connectivity index (χ1n) is 6.75. The van der Waals surface area contributed by atoms with Crippen LogP contribution in [0.4, 0.5) is 0 Å². The van der Waals surface area contributed by atoms with Crippen LogP contribution in [0.3, 0.4) is 0 Å². The number of aromatic nitrogens is 2. The van der Waals surface area contributed by atoms with Crippen LogP contribution in [0.15, 0.2) is 0 Å². The molecule has 19 heavy (non-hydrogen) atoms. The largest absolute Gasteiger partial charge is 0.342 e. The second kappa shape index (κ2) is 6.19. The Kier molecular flexibility index (Phi) is 5.11. The van der Waals surface area contributed by atoms with Crippen LogP contribution in [0.2, 0.25) is 0 Å². The zero-order chi connectivity index (χ0) is 14.7. The van der Waals surface area contributed by atoms with Crippen LogP contribution in [-0.4, -0.2) is 40.2 Å². The number of hydrogen-bond acceptors (Lipinski definition) is 3. The van der Waals surface area contributed by atoms with Crippen LogP contribution in [0, 0.1) is 19.8 Å². The molecule has 0 bridgehead atoms. The Morgan fingerprint density at radius 3 is 2.42 bits per heavy atom. The van der Waals surface area contributed by atoms with Crippen molar-refractivity contribution in [1.82, 2.24) is 14.7 Å². The maximum absolute atomic E-state index is 12.3. The van der Waals surface area contributed by atoms with Crippen LogP contribution >= 0.6 is 0 Å². The van der Waals surface area contributed by atoms with E-state index in [0.717, 1.165) is 17.8 Å². The van der Waals surface area contributed by atoms with Crippen LogP contribution in [0.25, 0.3) is 0 Å². The molecule has 1 aromatic heterocycles. The maximum atomic E-state index is 12.3. The maximum Gasteiger partial charge on any atom is 0.225 e. The molecule has 2 N–H and O–H groups in total. The van der Waals surface area contributed by atoms with Gasteiger partial charge in [0.05, 0.1) is 5.69 Å². The Morgan fingerprint density at radius 2 is 2.00 bits per heavy atom. The van der Waals surface area contributed by atoms with E-state index < -0.39 is 0 Å². The van der Waals surface area contributed by atoms with Crippen molar-refractivity contribution in [3.63, 3.8) is 0 Å². The zero-order valence-corrected chi connectivity index (χ0v) is 12.9. The van der Waals surface area contributed by atoms with E-state index in [0.29, 0.717) is 6.54 Å². The molecule has 0 radical (unpaired) electrons. The van der Waals surface area contributed by atoms with Crippen molar-refractivity contribution in [3.05, 3.63) is 17.0 Å². The van der Waals surface area contributed by atoms with Gasteiger partial charge in [-0.15, -0.1) is 0 Å². The zero-order valence-electron chi connectivity index (χ0n) is 12.9. The van der Waals surface area contributed by atoms with Gasteiger partial charge in [-0.25, -0.2) is 0 Å². The van der Waals surface area contributed by atoms with Crippen molar-refractivity contribution < 1.29 is 4.79 Å². The molecule has 1 aromatic rings. The predicted molar refractivity (Wildman–Crippen MR) is 76.8 cm³/mol. The number of amides is 1. The average molecular weight is 266 g/mol.